The monoisotopic (exact) mass is 748 g/mol. The summed E-state index contributed by atoms with van der Waals surface area (Å²) in [5.41, 5.74) is 0.634. The molecule has 0 aliphatic carbocycles. The Morgan fingerprint density at radius 1 is 0.722 bits per heavy atom. The number of fused-ring (bicyclic) bond motifs is 1. The summed E-state index contributed by atoms with van der Waals surface area (Å²) >= 11 is 0. The van der Waals surface area contributed by atoms with Crippen molar-refractivity contribution >= 4 is 52.4 Å². The van der Waals surface area contributed by atoms with E-state index in [9.17, 15) is 28.8 Å². The number of benzene rings is 2. The number of unbranched alkanes of at least 4 members (excludes halogenated alkanes) is 4. The average Bonchev–Trinajstić information content (AvgIpc) is 3.58. The van der Waals surface area contributed by atoms with Crippen molar-refractivity contribution in [1.82, 2.24) is 25.0 Å². The lowest BCUT2D eigenvalue weighted by Gasteiger charge is -2.36. The molecular formula is C39H49FN6O8. The third kappa shape index (κ3) is 11.7. The number of Topliss-reactive ketones (excluding diaryl/α,β-unsaturated/α-hetero) is 1. The average molecular weight is 749 g/mol. The number of ketones is 1. The largest absolute Gasteiger partial charge is 0.466 e. The highest BCUT2D eigenvalue weighted by Crippen LogP contribution is 2.26. The van der Waals surface area contributed by atoms with Crippen LogP contribution >= 0.6 is 0 Å². The van der Waals surface area contributed by atoms with Gasteiger partial charge in [-0.2, -0.15) is 4.99 Å². The van der Waals surface area contributed by atoms with Gasteiger partial charge >= 0.3 is 24.0 Å². The molecule has 290 valence electrons. The molecular weight excluding hydrogens is 699 g/mol. The fourth-order valence-electron chi connectivity index (χ4n) is 6.09. The number of hydrogen-bond donors (Lipinski definition) is 2. The molecule has 54 heavy (non-hydrogen) atoms. The van der Waals surface area contributed by atoms with Gasteiger partial charge in [0.25, 0.3) is 11.7 Å². The number of nitrogens with one attached hydrogen (secondary N) is 2. The van der Waals surface area contributed by atoms with Gasteiger partial charge in [-0.25, -0.2) is 14.0 Å². The Morgan fingerprint density at radius 3 is 1.93 bits per heavy atom. The Bertz CT molecular complexity index is 1800. The van der Waals surface area contributed by atoms with E-state index in [1.54, 1.807) is 13.8 Å². The normalized spacial score (nSPS) is 13.1. The zero-order valence-corrected chi connectivity index (χ0v) is 30.9. The van der Waals surface area contributed by atoms with Crippen molar-refractivity contribution in [1.29, 1.82) is 0 Å². The molecule has 14 nitrogen and oxygen atoms in total. The maximum atomic E-state index is 15.2. The van der Waals surface area contributed by atoms with Crippen LogP contribution in [0.2, 0.25) is 0 Å². The number of amidine groups is 1. The van der Waals surface area contributed by atoms with E-state index in [0.717, 1.165) is 11.0 Å². The van der Waals surface area contributed by atoms with Crippen molar-refractivity contribution in [3.05, 3.63) is 71.7 Å². The number of nitrogens with zero attached hydrogens (tertiary/aromatic N) is 4. The smallest absolute Gasteiger partial charge is 0.342 e. The fraction of sp³-hybridized carbons (Fsp3) is 0.462. The SMILES string of the molecule is CCOC(=O)CCCCCNC(=O)/N=C(\c1ccccc1)N1CCN(C(=O)C(=O)c2cn(C(=O)NCCCCCC(=O)OCC)c3cccc(F)c23)CC1. The molecule has 1 aliphatic heterocycles. The molecule has 2 heterocycles. The molecule has 3 aromatic rings. The number of hydrogen-bond acceptors (Lipinski definition) is 8. The van der Waals surface area contributed by atoms with E-state index < -0.39 is 29.6 Å². The first-order valence-electron chi connectivity index (χ1n) is 18.5. The third-order valence-corrected chi connectivity index (χ3v) is 8.82. The summed E-state index contributed by atoms with van der Waals surface area (Å²) in [5.74, 6) is -2.60. The molecule has 4 amide bonds. The van der Waals surface area contributed by atoms with E-state index in [2.05, 4.69) is 15.6 Å². The van der Waals surface area contributed by atoms with Crippen LogP contribution in [0.4, 0.5) is 14.0 Å². The highest BCUT2D eigenvalue weighted by atomic mass is 19.1. The number of urea groups is 1. The molecule has 15 heteroatoms. The summed E-state index contributed by atoms with van der Waals surface area (Å²) in [6.07, 6.45) is 5.77. The maximum Gasteiger partial charge on any atom is 0.342 e. The molecule has 1 saturated heterocycles. The van der Waals surface area contributed by atoms with Crippen LogP contribution in [-0.2, 0) is 23.9 Å². The number of esters is 2. The van der Waals surface area contributed by atoms with E-state index in [0.29, 0.717) is 76.1 Å². The van der Waals surface area contributed by atoms with Gasteiger partial charge in [0, 0.05) is 69.3 Å². The molecule has 1 fully saturated rings. The predicted octanol–water partition coefficient (Wildman–Crippen LogP) is 5.07. The number of carbonyl (C=O) groups is 6. The second kappa shape index (κ2) is 21.2. The van der Waals surface area contributed by atoms with Gasteiger partial charge in [0.15, 0.2) is 0 Å². The van der Waals surface area contributed by atoms with Crippen LogP contribution < -0.4 is 10.6 Å². The molecule has 2 N–H and O–H groups in total. The standard InChI is InChI=1S/C39H49FN6O8/c1-3-53-32(47)19-10-6-12-21-41-38(51)43-36(28-15-8-5-9-16-28)44-23-25-45(26-24-44)37(50)35(49)29-27-46(31-18-14-17-30(40)34(29)31)39(52)42-22-13-7-11-20-33(48)54-4-2/h5,8-9,14-18,27H,3-4,6-7,10-13,19-26H2,1-2H3,(H,41,51)(H,42,52)/b43-36+. The van der Waals surface area contributed by atoms with E-state index in [4.69, 9.17) is 9.47 Å². The molecule has 0 spiro atoms. The highest BCUT2D eigenvalue weighted by Gasteiger charge is 2.32. The minimum atomic E-state index is -0.942. The zero-order chi connectivity index (χ0) is 38.9. The molecule has 0 atom stereocenters. The number of aromatic nitrogens is 1. The van der Waals surface area contributed by atoms with Crippen molar-refractivity contribution in [3.8, 4) is 0 Å². The Hall–Kier alpha value is -5.60. The Kier molecular flexibility index (Phi) is 16.2. The quantitative estimate of drug-likeness (QED) is 0.0478. The van der Waals surface area contributed by atoms with Crippen LogP contribution in [0.3, 0.4) is 0 Å². The van der Waals surface area contributed by atoms with E-state index in [1.165, 1.54) is 29.3 Å². The molecule has 0 radical (unpaired) electrons. The number of halogens is 1. The second-order valence-electron chi connectivity index (χ2n) is 12.7. The maximum absolute atomic E-state index is 15.2. The summed E-state index contributed by atoms with van der Waals surface area (Å²) in [6, 6.07) is 12.2. The van der Waals surface area contributed by atoms with Crippen molar-refractivity contribution in [2.45, 2.75) is 65.2 Å². The first-order valence-corrected chi connectivity index (χ1v) is 18.5. The van der Waals surface area contributed by atoms with Gasteiger partial charge in [0.05, 0.1) is 24.3 Å². The van der Waals surface area contributed by atoms with E-state index in [-0.39, 0.29) is 61.1 Å². The van der Waals surface area contributed by atoms with Gasteiger partial charge in [-0.1, -0.05) is 49.2 Å². The minimum Gasteiger partial charge on any atom is -0.466 e. The summed E-state index contributed by atoms with van der Waals surface area (Å²) in [7, 11) is 0. The number of aliphatic imine (C=N–C) groups is 1. The van der Waals surface area contributed by atoms with Crippen LogP contribution in [0.5, 0.6) is 0 Å². The van der Waals surface area contributed by atoms with Crippen molar-refractivity contribution in [3.63, 3.8) is 0 Å². The van der Waals surface area contributed by atoms with Crippen LogP contribution in [0.1, 0.15) is 81.1 Å². The molecule has 2 aromatic carbocycles. The Morgan fingerprint density at radius 2 is 1.31 bits per heavy atom. The van der Waals surface area contributed by atoms with Crippen molar-refractivity contribution in [2.24, 2.45) is 4.99 Å². The number of piperazine rings is 1. The van der Waals surface area contributed by atoms with Crippen LogP contribution in [0.25, 0.3) is 10.9 Å². The zero-order valence-electron chi connectivity index (χ0n) is 30.9. The second-order valence-corrected chi connectivity index (χ2v) is 12.7. The van der Waals surface area contributed by atoms with Gasteiger partial charge in [-0.15, -0.1) is 0 Å². The first-order chi connectivity index (χ1) is 26.1. The van der Waals surface area contributed by atoms with E-state index >= 15 is 4.39 Å². The minimum absolute atomic E-state index is 0.123. The summed E-state index contributed by atoms with van der Waals surface area (Å²) in [5, 5.41) is 5.43. The van der Waals surface area contributed by atoms with Crippen molar-refractivity contribution < 1.29 is 42.6 Å². The third-order valence-electron chi connectivity index (χ3n) is 8.82. The first kappa shape index (κ1) is 41.2. The number of amides is 4. The Balaban J connectivity index is 1.36. The topological polar surface area (TPSA) is 169 Å². The number of ether oxygens (including phenoxy) is 2. The van der Waals surface area contributed by atoms with Crippen LogP contribution in [0, 0.1) is 5.82 Å². The van der Waals surface area contributed by atoms with Gasteiger partial charge in [0.2, 0.25) is 0 Å². The lowest BCUT2D eigenvalue weighted by molar-refractivity contribution is -0.144. The van der Waals surface area contributed by atoms with Crippen LogP contribution in [-0.4, -0.2) is 108 Å². The molecule has 1 aromatic heterocycles. The highest BCUT2D eigenvalue weighted by molar-refractivity contribution is 6.45. The van der Waals surface area contributed by atoms with Crippen LogP contribution in [0.15, 0.2) is 59.7 Å². The predicted molar refractivity (Wildman–Crippen MR) is 200 cm³/mol. The van der Waals surface area contributed by atoms with Gasteiger partial charge in [-0.3, -0.25) is 23.7 Å². The van der Waals surface area contributed by atoms with Crippen molar-refractivity contribution in [2.75, 3.05) is 52.5 Å². The van der Waals surface area contributed by atoms with Gasteiger partial charge in [-0.05, 0) is 51.7 Å². The molecule has 4 rings (SSSR count). The molecule has 0 saturated carbocycles. The lowest BCUT2D eigenvalue weighted by Crippen LogP contribution is -2.52. The number of rotatable bonds is 17. The molecule has 0 unspecified atom stereocenters. The lowest BCUT2D eigenvalue weighted by atomic mass is 10.1. The molecule has 1 aliphatic rings. The fourth-order valence-corrected chi connectivity index (χ4v) is 6.09. The Labute approximate surface area is 314 Å². The van der Waals surface area contributed by atoms with Gasteiger partial charge in [0.1, 0.15) is 11.7 Å². The van der Waals surface area contributed by atoms with Gasteiger partial charge < -0.3 is 29.9 Å². The summed E-state index contributed by atoms with van der Waals surface area (Å²) in [4.78, 5) is 83.8. The molecule has 0 bridgehead atoms. The van der Waals surface area contributed by atoms with E-state index in [1.807, 2.05) is 35.2 Å². The number of carbonyl (C=O) groups excluding carboxylic acids is 6. The summed E-state index contributed by atoms with van der Waals surface area (Å²) < 4.78 is 26.1. The summed E-state index contributed by atoms with van der Waals surface area (Å²) in [6.45, 7) is 5.66.